The molecule has 29 heavy (non-hydrogen) atoms. The van der Waals surface area contributed by atoms with Gasteiger partial charge in [0.1, 0.15) is 16.6 Å². The number of hydrogen-bond donors (Lipinski definition) is 1. The van der Waals surface area contributed by atoms with E-state index in [1.54, 1.807) is 7.11 Å². The van der Waals surface area contributed by atoms with Gasteiger partial charge in [0.15, 0.2) is 0 Å². The van der Waals surface area contributed by atoms with E-state index in [0.29, 0.717) is 12.2 Å². The number of hydrogen-bond acceptors (Lipinski definition) is 6. The SMILES string of the molecule is COc1c(C)cc(CN(C)Cc2nnc(C(=O)Nc3ccc(F)cc3)s2)cc1C. The van der Waals surface area contributed by atoms with E-state index in [2.05, 4.69) is 32.5 Å². The zero-order valence-corrected chi connectivity index (χ0v) is 17.6. The standard InChI is InChI=1S/C21H23FN4O2S/c1-13-9-15(10-14(2)19(13)28-4)11-26(3)12-18-24-25-21(29-18)20(27)23-17-7-5-16(22)6-8-17/h5-10H,11-12H2,1-4H3,(H,23,27). The van der Waals surface area contributed by atoms with Gasteiger partial charge in [-0.3, -0.25) is 9.69 Å². The van der Waals surface area contributed by atoms with Crippen LogP contribution >= 0.6 is 11.3 Å². The fourth-order valence-electron chi connectivity index (χ4n) is 3.18. The Morgan fingerprint density at radius 2 is 1.79 bits per heavy atom. The second-order valence-corrected chi connectivity index (χ2v) is 7.96. The number of aromatic nitrogens is 2. The molecule has 1 aromatic heterocycles. The highest BCUT2D eigenvalue weighted by molar-refractivity contribution is 7.13. The van der Waals surface area contributed by atoms with Crippen LogP contribution in [0, 0.1) is 19.7 Å². The quantitative estimate of drug-likeness (QED) is 0.628. The van der Waals surface area contributed by atoms with E-state index in [4.69, 9.17) is 4.74 Å². The van der Waals surface area contributed by atoms with Crippen molar-refractivity contribution < 1.29 is 13.9 Å². The van der Waals surface area contributed by atoms with Crippen LogP contribution in [0.15, 0.2) is 36.4 Å². The molecule has 0 bridgehead atoms. The van der Waals surface area contributed by atoms with Crippen molar-refractivity contribution in [2.75, 3.05) is 19.5 Å². The summed E-state index contributed by atoms with van der Waals surface area (Å²) in [4.78, 5) is 14.4. The summed E-state index contributed by atoms with van der Waals surface area (Å²) in [7, 11) is 3.68. The number of anilines is 1. The molecule has 1 heterocycles. The lowest BCUT2D eigenvalue weighted by molar-refractivity contribution is 0.102. The molecule has 0 saturated carbocycles. The minimum Gasteiger partial charge on any atom is -0.496 e. The van der Waals surface area contributed by atoms with Gasteiger partial charge in [0.05, 0.1) is 13.7 Å². The molecule has 3 aromatic rings. The molecular weight excluding hydrogens is 391 g/mol. The molecule has 0 radical (unpaired) electrons. The number of halogens is 1. The molecular formula is C21H23FN4O2S. The van der Waals surface area contributed by atoms with Crippen LogP contribution in [0.5, 0.6) is 5.75 Å². The summed E-state index contributed by atoms with van der Waals surface area (Å²) in [6.07, 6.45) is 0. The van der Waals surface area contributed by atoms with Crippen molar-refractivity contribution in [3.63, 3.8) is 0 Å². The summed E-state index contributed by atoms with van der Waals surface area (Å²) in [5.74, 6) is 0.202. The van der Waals surface area contributed by atoms with E-state index in [1.165, 1.54) is 41.2 Å². The smallest absolute Gasteiger partial charge is 0.286 e. The number of methoxy groups -OCH3 is 1. The van der Waals surface area contributed by atoms with Gasteiger partial charge in [-0.1, -0.05) is 23.5 Å². The Morgan fingerprint density at radius 1 is 1.14 bits per heavy atom. The lowest BCUT2D eigenvalue weighted by Crippen LogP contribution is -2.17. The van der Waals surface area contributed by atoms with Gasteiger partial charge in [-0.15, -0.1) is 10.2 Å². The van der Waals surface area contributed by atoms with Crippen LogP contribution in [-0.4, -0.2) is 35.2 Å². The van der Waals surface area contributed by atoms with E-state index in [9.17, 15) is 9.18 Å². The molecule has 2 aromatic carbocycles. The minimum absolute atomic E-state index is 0.272. The van der Waals surface area contributed by atoms with Crippen LogP contribution < -0.4 is 10.1 Å². The molecule has 1 N–H and O–H groups in total. The van der Waals surface area contributed by atoms with Crippen LogP contribution in [0.4, 0.5) is 10.1 Å². The Labute approximate surface area is 173 Å². The van der Waals surface area contributed by atoms with Crippen LogP contribution in [0.25, 0.3) is 0 Å². The highest BCUT2D eigenvalue weighted by atomic mass is 32.1. The van der Waals surface area contributed by atoms with Gasteiger partial charge in [0.2, 0.25) is 5.01 Å². The summed E-state index contributed by atoms with van der Waals surface area (Å²) >= 11 is 1.24. The fourth-order valence-corrected chi connectivity index (χ4v) is 3.99. The molecule has 3 rings (SSSR count). The topological polar surface area (TPSA) is 67.3 Å². The van der Waals surface area contributed by atoms with Gasteiger partial charge in [-0.2, -0.15) is 0 Å². The molecule has 0 saturated heterocycles. The first kappa shape index (κ1) is 20.9. The Morgan fingerprint density at radius 3 is 2.41 bits per heavy atom. The average Bonchev–Trinajstić information content (AvgIpc) is 3.12. The first-order valence-electron chi connectivity index (χ1n) is 9.07. The molecule has 0 fully saturated rings. The maximum atomic E-state index is 13.0. The first-order chi connectivity index (χ1) is 13.9. The van der Waals surface area contributed by atoms with Gasteiger partial charge in [0, 0.05) is 12.2 Å². The zero-order chi connectivity index (χ0) is 21.0. The molecule has 0 aliphatic carbocycles. The summed E-state index contributed by atoms with van der Waals surface area (Å²) in [5, 5.41) is 11.8. The molecule has 8 heteroatoms. The highest BCUT2D eigenvalue weighted by Crippen LogP contribution is 2.25. The zero-order valence-electron chi connectivity index (χ0n) is 16.8. The number of ether oxygens (including phenoxy) is 1. The van der Waals surface area contributed by atoms with Crippen molar-refractivity contribution in [1.29, 1.82) is 0 Å². The number of aryl methyl sites for hydroxylation is 2. The average molecular weight is 415 g/mol. The summed E-state index contributed by atoms with van der Waals surface area (Å²) < 4.78 is 18.4. The lowest BCUT2D eigenvalue weighted by atomic mass is 10.1. The molecule has 0 spiro atoms. The van der Waals surface area contributed by atoms with Crippen molar-refractivity contribution >= 4 is 22.9 Å². The molecule has 0 aliphatic rings. The van der Waals surface area contributed by atoms with Crippen LogP contribution in [-0.2, 0) is 13.1 Å². The molecule has 152 valence electrons. The van der Waals surface area contributed by atoms with Gasteiger partial charge in [-0.25, -0.2) is 4.39 Å². The van der Waals surface area contributed by atoms with Gasteiger partial charge < -0.3 is 10.1 Å². The second-order valence-electron chi connectivity index (χ2n) is 6.90. The number of carbonyl (C=O) groups is 1. The predicted octanol–water partition coefficient (Wildman–Crippen LogP) is 4.19. The Bertz CT molecular complexity index is 981. The van der Waals surface area contributed by atoms with Crippen molar-refractivity contribution in [2.45, 2.75) is 26.9 Å². The minimum atomic E-state index is -0.357. The second kappa shape index (κ2) is 9.11. The number of nitrogens with zero attached hydrogens (tertiary/aromatic N) is 3. The normalized spacial score (nSPS) is 11.0. The monoisotopic (exact) mass is 414 g/mol. The Hall–Kier alpha value is -2.84. The lowest BCUT2D eigenvalue weighted by Gasteiger charge is -2.17. The maximum Gasteiger partial charge on any atom is 0.286 e. The highest BCUT2D eigenvalue weighted by Gasteiger charge is 2.15. The van der Waals surface area contributed by atoms with Crippen molar-refractivity contribution in [3.05, 3.63) is 68.9 Å². The van der Waals surface area contributed by atoms with E-state index >= 15 is 0 Å². The van der Waals surface area contributed by atoms with E-state index in [0.717, 1.165) is 28.4 Å². The molecule has 0 atom stereocenters. The molecule has 1 amide bonds. The van der Waals surface area contributed by atoms with Crippen molar-refractivity contribution in [2.24, 2.45) is 0 Å². The van der Waals surface area contributed by atoms with Gasteiger partial charge in [-0.05, 0) is 61.9 Å². The molecule has 0 aliphatic heterocycles. The van der Waals surface area contributed by atoms with Crippen LogP contribution in [0.2, 0.25) is 0 Å². The fraction of sp³-hybridized carbons (Fsp3) is 0.286. The Balaban J connectivity index is 1.60. The number of benzene rings is 2. The van der Waals surface area contributed by atoms with Crippen LogP contribution in [0.1, 0.15) is 31.5 Å². The third kappa shape index (κ3) is 5.36. The van der Waals surface area contributed by atoms with Crippen molar-refractivity contribution in [1.82, 2.24) is 15.1 Å². The van der Waals surface area contributed by atoms with Gasteiger partial charge >= 0.3 is 0 Å². The third-order valence-electron chi connectivity index (χ3n) is 4.35. The third-order valence-corrected chi connectivity index (χ3v) is 5.25. The summed E-state index contributed by atoms with van der Waals surface area (Å²) in [6.45, 7) is 5.38. The van der Waals surface area contributed by atoms with E-state index in [-0.39, 0.29) is 16.7 Å². The van der Waals surface area contributed by atoms with E-state index < -0.39 is 0 Å². The van der Waals surface area contributed by atoms with Crippen molar-refractivity contribution in [3.8, 4) is 5.75 Å². The van der Waals surface area contributed by atoms with Crippen LogP contribution in [0.3, 0.4) is 0 Å². The predicted molar refractivity (Wildman–Crippen MR) is 112 cm³/mol. The van der Waals surface area contributed by atoms with Gasteiger partial charge in [0.25, 0.3) is 5.91 Å². The number of nitrogens with one attached hydrogen (secondary N) is 1. The number of rotatable bonds is 7. The first-order valence-corrected chi connectivity index (χ1v) is 9.89. The number of amides is 1. The number of carbonyl (C=O) groups excluding carboxylic acids is 1. The van der Waals surface area contributed by atoms with E-state index in [1.807, 2.05) is 20.9 Å². The molecule has 0 unspecified atom stereocenters. The summed E-state index contributed by atoms with van der Waals surface area (Å²) in [6, 6.07) is 9.81. The summed E-state index contributed by atoms with van der Waals surface area (Å²) in [5.41, 5.74) is 3.90. The Kier molecular flexibility index (Phi) is 6.56. The molecule has 6 nitrogen and oxygen atoms in total. The maximum absolute atomic E-state index is 13.0. The largest absolute Gasteiger partial charge is 0.496 e.